The molecule has 0 bridgehead atoms. The van der Waals surface area contributed by atoms with Gasteiger partial charge in [-0.15, -0.1) is 0 Å². The van der Waals surface area contributed by atoms with Gasteiger partial charge in [0.05, 0.1) is 17.9 Å². The van der Waals surface area contributed by atoms with Gasteiger partial charge in [0.2, 0.25) is 0 Å². The summed E-state index contributed by atoms with van der Waals surface area (Å²) in [4.78, 5) is 38.9. The van der Waals surface area contributed by atoms with Crippen molar-refractivity contribution in [2.75, 3.05) is 0 Å². The number of esters is 1. The number of rotatable bonds is 2. The van der Waals surface area contributed by atoms with Crippen LogP contribution in [0.3, 0.4) is 0 Å². The molecule has 2 heterocycles. The minimum atomic E-state index is -0.846. The van der Waals surface area contributed by atoms with Crippen LogP contribution in [0.4, 0.5) is 4.79 Å². The van der Waals surface area contributed by atoms with E-state index in [9.17, 15) is 14.4 Å². The average Bonchev–Trinajstić information content (AvgIpc) is 3.23. The molecule has 1 unspecified atom stereocenters. The fraction of sp³-hybridized carbons (Fsp3) is 0.591. The minimum Gasteiger partial charge on any atom is -0.458 e. The lowest BCUT2D eigenvalue weighted by Gasteiger charge is -2.29. The fourth-order valence-corrected chi connectivity index (χ4v) is 4.60. The maximum Gasteiger partial charge on any atom is 0.417 e. The first-order valence-electron chi connectivity index (χ1n) is 10.2. The Morgan fingerprint density at radius 3 is 2.62 bits per heavy atom. The van der Waals surface area contributed by atoms with E-state index >= 15 is 0 Å². The first kappa shape index (κ1) is 19.7. The Hall–Kier alpha value is -2.57. The number of imide groups is 1. The Morgan fingerprint density at radius 2 is 1.97 bits per heavy atom. The summed E-state index contributed by atoms with van der Waals surface area (Å²) in [6.45, 7) is 7.00. The van der Waals surface area contributed by atoms with Gasteiger partial charge < -0.3 is 14.2 Å². The van der Waals surface area contributed by atoms with Gasteiger partial charge in [-0.05, 0) is 65.4 Å². The molecule has 0 radical (unpaired) electrons. The number of nitrogens with zero attached hydrogens (tertiary/aromatic N) is 1. The van der Waals surface area contributed by atoms with Crippen LogP contribution in [0.2, 0.25) is 0 Å². The predicted octanol–water partition coefficient (Wildman–Crippen LogP) is 3.75. The molecule has 1 fully saturated rings. The lowest BCUT2D eigenvalue weighted by Crippen LogP contribution is -2.43. The van der Waals surface area contributed by atoms with Crippen LogP contribution < -0.4 is 0 Å². The third kappa shape index (κ3) is 3.58. The number of fused-ring (bicyclic) bond motifs is 2. The fourth-order valence-electron chi connectivity index (χ4n) is 4.60. The molecule has 0 aromatic carbocycles. The number of ether oxygens (including phenoxy) is 3. The maximum atomic E-state index is 13.2. The van der Waals surface area contributed by atoms with Crippen LogP contribution in [0.25, 0.3) is 0 Å². The molecular formula is C22H27NO6. The van der Waals surface area contributed by atoms with Crippen LogP contribution in [0.5, 0.6) is 0 Å². The van der Waals surface area contributed by atoms with Gasteiger partial charge in [-0.2, -0.15) is 0 Å². The highest BCUT2D eigenvalue weighted by atomic mass is 16.7. The SMILES string of the molecule is CC1=CC(OC=C2C(=O)N(C(=O)OC(C)(C)C)[C@@H]3C4=C(CCCC4)C[C@H]23)OC1=O. The van der Waals surface area contributed by atoms with Crippen LogP contribution in [-0.2, 0) is 23.8 Å². The van der Waals surface area contributed by atoms with Crippen molar-refractivity contribution in [1.82, 2.24) is 4.90 Å². The van der Waals surface area contributed by atoms with E-state index in [1.807, 2.05) is 0 Å². The van der Waals surface area contributed by atoms with E-state index in [0.717, 1.165) is 32.1 Å². The van der Waals surface area contributed by atoms with Gasteiger partial charge in [0.1, 0.15) is 5.60 Å². The molecule has 7 nitrogen and oxygen atoms in total. The van der Waals surface area contributed by atoms with Crippen molar-refractivity contribution in [2.24, 2.45) is 5.92 Å². The number of hydrogen-bond donors (Lipinski definition) is 0. The monoisotopic (exact) mass is 401 g/mol. The number of hydrogen-bond acceptors (Lipinski definition) is 6. The summed E-state index contributed by atoms with van der Waals surface area (Å²) in [5.74, 6) is -0.964. The molecule has 0 aromatic rings. The molecule has 0 saturated carbocycles. The second kappa shape index (κ2) is 7.04. The van der Waals surface area contributed by atoms with Crippen LogP contribution >= 0.6 is 0 Å². The highest BCUT2D eigenvalue weighted by Gasteiger charge is 2.54. The summed E-state index contributed by atoms with van der Waals surface area (Å²) in [6.07, 6.45) is 6.33. The molecule has 4 aliphatic rings. The lowest BCUT2D eigenvalue weighted by atomic mass is 9.92. The van der Waals surface area contributed by atoms with E-state index in [1.165, 1.54) is 22.3 Å². The Labute approximate surface area is 170 Å². The standard InChI is InChI=1S/C22H27NO6/c1-12-9-17(28-20(12)25)27-11-16-15-10-13-7-5-6-8-14(13)18(15)23(19(16)24)21(26)29-22(2,3)4/h9,11,15,17-18H,5-8,10H2,1-4H3/t15-,17?,18-/m1/s1. The highest BCUT2D eigenvalue weighted by Crippen LogP contribution is 2.50. The Balaban J connectivity index is 1.62. The quantitative estimate of drug-likeness (QED) is 0.303. The molecule has 4 rings (SSSR count). The van der Waals surface area contributed by atoms with Gasteiger partial charge in [0.15, 0.2) is 0 Å². The predicted molar refractivity (Wildman–Crippen MR) is 103 cm³/mol. The van der Waals surface area contributed by atoms with Crippen molar-refractivity contribution in [3.63, 3.8) is 0 Å². The second-order valence-corrected chi connectivity index (χ2v) is 9.08. The van der Waals surface area contributed by atoms with Crippen LogP contribution in [0.15, 0.2) is 34.6 Å². The molecule has 0 aromatic heterocycles. The van der Waals surface area contributed by atoms with E-state index in [-0.39, 0.29) is 12.0 Å². The molecule has 0 N–H and O–H groups in total. The molecule has 2 amide bonds. The molecule has 156 valence electrons. The maximum absolute atomic E-state index is 13.2. The smallest absolute Gasteiger partial charge is 0.417 e. The molecular weight excluding hydrogens is 374 g/mol. The second-order valence-electron chi connectivity index (χ2n) is 9.08. The molecule has 2 aliphatic carbocycles. The van der Waals surface area contributed by atoms with Gasteiger partial charge in [0.25, 0.3) is 12.2 Å². The van der Waals surface area contributed by atoms with Gasteiger partial charge in [0, 0.05) is 17.6 Å². The number of cyclic esters (lactones) is 1. The zero-order valence-electron chi connectivity index (χ0n) is 17.3. The molecule has 3 atom stereocenters. The van der Waals surface area contributed by atoms with Crippen molar-refractivity contribution in [1.29, 1.82) is 0 Å². The Morgan fingerprint density at radius 1 is 1.24 bits per heavy atom. The Bertz CT molecular complexity index is 859. The van der Waals surface area contributed by atoms with Crippen LogP contribution in [0, 0.1) is 5.92 Å². The van der Waals surface area contributed by atoms with Gasteiger partial charge >= 0.3 is 12.1 Å². The molecule has 1 saturated heterocycles. The van der Waals surface area contributed by atoms with Crippen LogP contribution in [0.1, 0.15) is 59.8 Å². The van der Waals surface area contributed by atoms with E-state index < -0.39 is 29.9 Å². The average molecular weight is 401 g/mol. The van der Waals surface area contributed by atoms with Crippen LogP contribution in [-0.4, -0.2) is 40.8 Å². The normalized spacial score (nSPS) is 30.3. The van der Waals surface area contributed by atoms with E-state index in [0.29, 0.717) is 11.1 Å². The molecule has 29 heavy (non-hydrogen) atoms. The molecule has 7 heteroatoms. The van der Waals surface area contributed by atoms with E-state index in [1.54, 1.807) is 33.8 Å². The summed E-state index contributed by atoms with van der Waals surface area (Å²) < 4.78 is 16.2. The van der Waals surface area contributed by atoms with Crippen molar-refractivity contribution >= 4 is 18.0 Å². The van der Waals surface area contributed by atoms with Crippen molar-refractivity contribution < 1.29 is 28.6 Å². The zero-order chi connectivity index (χ0) is 20.9. The molecule has 0 spiro atoms. The number of allylic oxidation sites excluding steroid dienone is 1. The molecule has 2 aliphatic heterocycles. The summed E-state index contributed by atoms with van der Waals surface area (Å²) in [5.41, 5.74) is 2.76. The third-order valence-corrected chi connectivity index (χ3v) is 5.83. The summed E-state index contributed by atoms with van der Waals surface area (Å²) in [6, 6.07) is -0.300. The summed E-state index contributed by atoms with van der Waals surface area (Å²) in [5, 5.41) is 0. The minimum absolute atomic E-state index is 0.139. The van der Waals surface area contributed by atoms with Crippen molar-refractivity contribution in [2.45, 2.75) is 77.7 Å². The van der Waals surface area contributed by atoms with E-state index in [2.05, 4.69) is 0 Å². The zero-order valence-corrected chi connectivity index (χ0v) is 17.3. The summed E-state index contributed by atoms with van der Waals surface area (Å²) >= 11 is 0. The summed E-state index contributed by atoms with van der Waals surface area (Å²) in [7, 11) is 0. The first-order valence-corrected chi connectivity index (χ1v) is 10.2. The highest BCUT2D eigenvalue weighted by molar-refractivity contribution is 6.06. The first-order chi connectivity index (χ1) is 13.7. The number of amides is 2. The number of likely N-dealkylation sites (tertiary alicyclic amines) is 1. The third-order valence-electron chi connectivity index (χ3n) is 5.83. The van der Waals surface area contributed by atoms with Gasteiger partial charge in [-0.3, -0.25) is 4.79 Å². The Kier molecular flexibility index (Phi) is 4.79. The largest absolute Gasteiger partial charge is 0.458 e. The van der Waals surface area contributed by atoms with Crippen molar-refractivity contribution in [3.05, 3.63) is 34.6 Å². The van der Waals surface area contributed by atoms with Gasteiger partial charge in [-0.1, -0.05) is 5.57 Å². The topological polar surface area (TPSA) is 82.1 Å². The van der Waals surface area contributed by atoms with Gasteiger partial charge in [-0.25, -0.2) is 14.5 Å². The van der Waals surface area contributed by atoms with E-state index in [4.69, 9.17) is 14.2 Å². The van der Waals surface area contributed by atoms with Crippen molar-refractivity contribution in [3.8, 4) is 0 Å². The number of carbonyl (C=O) groups is 3. The number of carbonyl (C=O) groups excluding carboxylic acids is 3. The lowest BCUT2D eigenvalue weighted by molar-refractivity contribution is -0.152.